The molecule has 108 valence electrons. The van der Waals surface area contributed by atoms with Crippen LogP contribution in [-0.4, -0.2) is 32.8 Å². The van der Waals surface area contributed by atoms with Gasteiger partial charge < -0.3 is 5.32 Å². The molecule has 0 radical (unpaired) electrons. The van der Waals surface area contributed by atoms with E-state index in [1.54, 1.807) is 7.05 Å². The van der Waals surface area contributed by atoms with E-state index in [4.69, 9.17) is 0 Å². The summed E-state index contributed by atoms with van der Waals surface area (Å²) in [5.41, 5.74) is 1.28. The van der Waals surface area contributed by atoms with Crippen LogP contribution in [0.1, 0.15) is 31.2 Å². The molecule has 0 saturated heterocycles. The smallest absolute Gasteiger partial charge is 0.175 e. The highest BCUT2D eigenvalue weighted by Gasteiger charge is 2.16. The van der Waals surface area contributed by atoms with E-state index in [1.807, 2.05) is 6.07 Å². The molecule has 2 rings (SSSR count). The number of nitrogens with one attached hydrogen (secondary N) is 1. The van der Waals surface area contributed by atoms with Crippen LogP contribution in [0.5, 0.6) is 0 Å². The quantitative estimate of drug-likeness (QED) is 0.878. The van der Waals surface area contributed by atoms with Crippen molar-refractivity contribution < 1.29 is 0 Å². The molecule has 0 aliphatic rings. The Balaban J connectivity index is 2.15. The van der Waals surface area contributed by atoms with Crippen molar-refractivity contribution in [3.63, 3.8) is 0 Å². The summed E-state index contributed by atoms with van der Waals surface area (Å²) < 4.78 is 1.09. The second kappa shape index (κ2) is 6.95. The maximum Gasteiger partial charge on any atom is 0.175 e. The number of tetrazole rings is 1. The first kappa shape index (κ1) is 15.1. The molecular formula is C14H20BrN5. The van der Waals surface area contributed by atoms with E-state index in [0.29, 0.717) is 12.0 Å². The Kier molecular flexibility index (Phi) is 5.25. The molecule has 0 saturated carbocycles. The minimum atomic E-state index is 0.332. The number of aromatic nitrogens is 4. The van der Waals surface area contributed by atoms with Gasteiger partial charge in [0.05, 0.1) is 7.05 Å². The molecule has 6 heteroatoms. The molecular weight excluding hydrogens is 318 g/mol. The Morgan fingerprint density at radius 1 is 1.35 bits per heavy atom. The zero-order chi connectivity index (χ0) is 14.5. The third kappa shape index (κ3) is 4.38. The summed E-state index contributed by atoms with van der Waals surface area (Å²) in [6.07, 6.45) is 0.782. The molecule has 1 N–H and O–H groups in total. The molecule has 0 spiro atoms. The number of halogens is 1. The molecule has 0 amide bonds. The fourth-order valence-electron chi connectivity index (χ4n) is 2.07. The van der Waals surface area contributed by atoms with Crippen molar-refractivity contribution in [2.75, 3.05) is 6.54 Å². The van der Waals surface area contributed by atoms with Crippen LogP contribution in [0, 0.1) is 0 Å². The molecule has 1 heterocycles. The maximum atomic E-state index is 4.28. The lowest BCUT2D eigenvalue weighted by Crippen LogP contribution is -2.29. The zero-order valence-corrected chi connectivity index (χ0v) is 13.6. The third-order valence-corrected chi connectivity index (χ3v) is 3.56. The highest BCUT2D eigenvalue weighted by molar-refractivity contribution is 9.10. The van der Waals surface area contributed by atoms with Gasteiger partial charge >= 0.3 is 0 Å². The van der Waals surface area contributed by atoms with Crippen LogP contribution < -0.4 is 5.32 Å². The molecule has 0 bridgehead atoms. The van der Waals surface area contributed by atoms with Gasteiger partial charge in [0.2, 0.25) is 0 Å². The Bertz CT molecular complexity index is 552. The van der Waals surface area contributed by atoms with Crippen molar-refractivity contribution in [3.05, 3.63) is 40.1 Å². The average molecular weight is 338 g/mol. The normalized spacial score (nSPS) is 12.8. The minimum absolute atomic E-state index is 0.332. The Hall–Kier alpha value is -1.27. The van der Waals surface area contributed by atoms with E-state index >= 15 is 0 Å². The molecule has 0 aliphatic carbocycles. The van der Waals surface area contributed by atoms with E-state index in [0.717, 1.165) is 23.3 Å². The molecule has 20 heavy (non-hydrogen) atoms. The fraction of sp³-hybridized carbons (Fsp3) is 0.500. The Morgan fingerprint density at radius 2 is 2.15 bits per heavy atom. The fourth-order valence-corrected chi connectivity index (χ4v) is 2.49. The standard InChI is InChI=1S/C14H20BrN5/c1-10(2)16-9-12(8-14-17-19-20(3)18-14)11-5-4-6-13(15)7-11/h4-7,10,12,16H,8-9H2,1-3H3. The molecule has 1 aromatic carbocycles. The number of nitrogens with zero attached hydrogens (tertiary/aromatic N) is 4. The summed E-state index contributed by atoms with van der Waals surface area (Å²) >= 11 is 3.53. The second-order valence-electron chi connectivity index (χ2n) is 5.21. The van der Waals surface area contributed by atoms with Crippen molar-refractivity contribution in [1.82, 2.24) is 25.5 Å². The first-order valence-electron chi connectivity index (χ1n) is 6.76. The lowest BCUT2D eigenvalue weighted by atomic mass is 9.95. The SMILES string of the molecule is CC(C)NCC(Cc1nnn(C)n1)c1cccc(Br)c1. The van der Waals surface area contributed by atoms with Crippen LogP contribution in [0.2, 0.25) is 0 Å². The number of benzene rings is 1. The molecule has 0 fully saturated rings. The van der Waals surface area contributed by atoms with Crippen molar-refractivity contribution in [2.45, 2.75) is 32.2 Å². The third-order valence-electron chi connectivity index (χ3n) is 3.07. The van der Waals surface area contributed by atoms with E-state index < -0.39 is 0 Å². The summed E-state index contributed by atoms with van der Waals surface area (Å²) in [4.78, 5) is 1.50. The van der Waals surface area contributed by atoms with Gasteiger partial charge in [0, 0.05) is 29.4 Å². The van der Waals surface area contributed by atoms with Crippen LogP contribution >= 0.6 is 15.9 Å². The number of hydrogen-bond donors (Lipinski definition) is 1. The van der Waals surface area contributed by atoms with Crippen LogP contribution in [-0.2, 0) is 13.5 Å². The van der Waals surface area contributed by atoms with Gasteiger partial charge in [0.25, 0.3) is 0 Å². The number of hydrogen-bond acceptors (Lipinski definition) is 4. The molecule has 1 atom stereocenters. The summed E-state index contributed by atoms with van der Waals surface area (Å²) in [6, 6.07) is 8.86. The molecule has 5 nitrogen and oxygen atoms in total. The summed E-state index contributed by atoms with van der Waals surface area (Å²) in [5.74, 6) is 1.11. The Labute approximate surface area is 127 Å². The van der Waals surface area contributed by atoms with Crippen molar-refractivity contribution in [1.29, 1.82) is 0 Å². The van der Waals surface area contributed by atoms with Gasteiger partial charge in [-0.2, -0.15) is 4.80 Å². The van der Waals surface area contributed by atoms with E-state index in [1.165, 1.54) is 10.4 Å². The second-order valence-corrected chi connectivity index (χ2v) is 6.13. The first-order valence-corrected chi connectivity index (χ1v) is 7.55. The van der Waals surface area contributed by atoms with Crippen LogP contribution in [0.15, 0.2) is 28.7 Å². The van der Waals surface area contributed by atoms with Crippen LogP contribution in [0.3, 0.4) is 0 Å². The van der Waals surface area contributed by atoms with Gasteiger partial charge in [-0.05, 0) is 22.9 Å². The molecule has 0 aliphatic heterocycles. The van der Waals surface area contributed by atoms with Crippen molar-refractivity contribution in [2.24, 2.45) is 7.05 Å². The first-order chi connectivity index (χ1) is 9.54. The monoisotopic (exact) mass is 337 g/mol. The van der Waals surface area contributed by atoms with E-state index in [9.17, 15) is 0 Å². The topological polar surface area (TPSA) is 55.6 Å². The predicted molar refractivity (Wildman–Crippen MR) is 82.5 cm³/mol. The van der Waals surface area contributed by atoms with Gasteiger partial charge in [0.1, 0.15) is 0 Å². The average Bonchev–Trinajstić information content (AvgIpc) is 2.80. The largest absolute Gasteiger partial charge is 0.314 e. The van der Waals surface area contributed by atoms with Gasteiger partial charge in [-0.1, -0.05) is 41.9 Å². The number of rotatable bonds is 6. The van der Waals surface area contributed by atoms with Crippen molar-refractivity contribution in [3.8, 4) is 0 Å². The maximum absolute atomic E-state index is 4.28. The lowest BCUT2D eigenvalue weighted by molar-refractivity contribution is 0.519. The predicted octanol–water partition coefficient (Wildman–Crippen LogP) is 2.30. The van der Waals surface area contributed by atoms with Crippen molar-refractivity contribution >= 4 is 15.9 Å². The highest BCUT2D eigenvalue weighted by atomic mass is 79.9. The highest BCUT2D eigenvalue weighted by Crippen LogP contribution is 2.22. The molecule has 1 aromatic heterocycles. The summed E-state index contributed by atoms with van der Waals surface area (Å²) in [5, 5.41) is 15.8. The van der Waals surface area contributed by atoms with Crippen LogP contribution in [0.25, 0.3) is 0 Å². The molecule has 1 unspecified atom stereocenters. The van der Waals surface area contributed by atoms with Gasteiger partial charge in [0.15, 0.2) is 5.82 Å². The van der Waals surface area contributed by atoms with Gasteiger partial charge in [-0.25, -0.2) is 0 Å². The summed E-state index contributed by atoms with van der Waals surface area (Å²) in [7, 11) is 1.79. The molecule has 2 aromatic rings. The lowest BCUT2D eigenvalue weighted by Gasteiger charge is -2.18. The Morgan fingerprint density at radius 3 is 2.75 bits per heavy atom. The zero-order valence-electron chi connectivity index (χ0n) is 12.0. The van der Waals surface area contributed by atoms with Gasteiger partial charge in [-0.15, -0.1) is 10.2 Å². The summed E-state index contributed by atoms with van der Waals surface area (Å²) in [6.45, 7) is 5.20. The van der Waals surface area contributed by atoms with Crippen LogP contribution in [0.4, 0.5) is 0 Å². The van der Waals surface area contributed by atoms with E-state index in [-0.39, 0.29) is 0 Å². The van der Waals surface area contributed by atoms with E-state index in [2.05, 4.69) is 68.7 Å². The van der Waals surface area contributed by atoms with Gasteiger partial charge in [-0.3, -0.25) is 0 Å². The number of aryl methyl sites for hydroxylation is 1. The minimum Gasteiger partial charge on any atom is -0.314 e.